The number of aromatic hydroxyl groups is 1. The highest BCUT2D eigenvalue weighted by Crippen LogP contribution is 2.21. The molecule has 0 radical (unpaired) electrons. The third-order valence-electron chi connectivity index (χ3n) is 2.03. The molecule has 0 aliphatic rings. The smallest absolute Gasteiger partial charge is 0.245 e. The second-order valence-electron chi connectivity index (χ2n) is 3.22. The van der Waals surface area contributed by atoms with Gasteiger partial charge in [-0.1, -0.05) is 18.2 Å². The van der Waals surface area contributed by atoms with E-state index in [1.54, 1.807) is 17.5 Å². The van der Waals surface area contributed by atoms with Crippen molar-refractivity contribution in [3.05, 3.63) is 56.9 Å². The summed E-state index contributed by atoms with van der Waals surface area (Å²) in [5, 5.41) is 10.9. The van der Waals surface area contributed by atoms with E-state index in [9.17, 15) is 4.79 Å². The first-order valence-corrected chi connectivity index (χ1v) is 6.61. The molecule has 0 saturated heterocycles. The van der Waals surface area contributed by atoms with Crippen LogP contribution in [0.1, 0.15) is 5.56 Å². The minimum Gasteiger partial charge on any atom is -0.508 e. The molecule has 1 heterocycles. The van der Waals surface area contributed by atoms with Gasteiger partial charge in [-0.3, -0.25) is 4.79 Å². The van der Waals surface area contributed by atoms with Crippen molar-refractivity contribution in [1.82, 2.24) is 0 Å². The van der Waals surface area contributed by atoms with E-state index in [4.69, 9.17) is 5.11 Å². The Kier molecular flexibility index (Phi) is 3.64. The van der Waals surface area contributed by atoms with Crippen molar-refractivity contribution >= 4 is 23.1 Å². The molecule has 0 aliphatic heterocycles. The number of benzene rings is 1. The zero-order chi connectivity index (χ0) is 11.4. The zero-order valence-corrected chi connectivity index (χ0v) is 10.1. The number of thioether (sulfide) groups is 1. The monoisotopic (exact) mass is 250 g/mol. The van der Waals surface area contributed by atoms with Crippen molar-refractivity contribution in [2.24, 2.45) is 0 Å². The van der Waals surface area contributed by atoms with Gasteiger partial charge in [-0.15, -0.1) is 23.1 Å². The lowest BCUT2D eigenvalue weighted by atomic mass is 10.2. The zero-order valence-electron chi connectivity index (χ0n) is 8.42. The standard InChI is InChI=1S/C12H10O2S2/c13-10-5-3-9(4-6-10)8-16-11-2-1-7-15-12(11)14/h1-7,13H,8H2. The predicted octanol–water partition coefficient (Wildman–Crippen LogP) is 3.11. The predicted molar refractivity (Wildman–Crippen MR) is 68.3 cm³/mol. The molecule has 0 amide bonds. The van der Waals surface area contributed by atoms with Crippen molar-refractivity contribution in [2.75, 3.05) is 0 Å². The van der Waals surface area contributed by atoms with Gasteiger partial charge in [-0.05, 0) is 29.1 Å². The molecule has 0 aliphatic carbocycles. The van der Waals surface area contributed by atoms with Crippen LogP contribution in [0.25, 0.3) is 0 Å². The van der Waals surface area contributed by atoms with Crippen LogP contribution >= 0.6 is 23.1 Å². The maximum Gasteiger partial charge on any atom is 0.245 e. The Hall–Kier alpha value is -1.26. The van der Waals surface area contributed by atoms with Gasteiger partial charge in [-0.25, -0.2) is 0 Å². The first kappa shape index (κ1) is 11.2. The summed E-state index contributed by atoms with van der Waals surface area (Å²) < 4.78 is 0.103. The SMILES string of the molecule is O=c1scccc1SCc1ccc(O)cc1. The summed E-state index contributed by atoms with van der Waals surface area (Å²) in [6, 6.07) is 10.7. The van der Waals surface area contributed by atoms with Gasteiger partial charge >= 0.3 is 0 Å². The van der Waals surface area contributed by atoms with Gasteiger partial charge in [0.1, 0.15) is 5.75 Å². The van der Waals surface area contributed by atoms with Crippen molar-refractivity contribution in [1.29, 1.82) is 0 Å². The van der Waals surface area contributed by atoms with Gasteiger partial charge in [0.05, 0.1) is 4.90 Å². The van der Waals surface area contributed by atoms with E-state index in [0.717, 1.165) is 16.2 Å². The Balaban J connectivity index is 2.05. The lowest BCUT2D eigenvalue weighted by Gasteiger charge is -2.00. The number of phenols is 1. The molecule has 4 heteroatoms. The van der Waals surface area contributed by atoms with E-state index in [-0.39, 0.29) is 10.5 Å². The molecule has 0 saturated carbocycles. The van der Waals surface area contributed by atoms with Gasteiger partial charge in [-0.2, -0.15) is 0 Å². The fourth-order valence-corrected chi connectivity index (χ4v) is 2.81. The fraction of sp³-hybridized carbons (Fsp3) is 0.0833. The average molecular weight is 250 g/mol. The van der Waals surface area contributed by atoms with Crippen LogP contribution in [-0.4, -0.2) is 5.11 Å². The molecule has 0 bridgehead atoms. The third-order valence-corrected chi connectivity index (χ3v) is 4.00. The van der Waals surface area contributed by atoms with E-state index < -0.39 is 0 Å². The van der Waals surface area contributed by atoms with Gasteiger partial charge < -0.3 is 5.11 Å². The van der Waals surface area contributed by atoms with Crippen molar-refractivity contribution in [3.8, 4) is 5.75 Å². The van der Waals surface area contributed by atoms with Crippen LogP contribution < -0.4 is 4.74 Å². The number of rotatable bonds is 3. The first-order chi connectivity index (χ1) is 7.75. The molecule has 0 spiro atoms. The van der Waals surface area contributed by atoms with E-state index in [2.05, 4.69) is 0 Å². The number of hydrogen-bond donors (Lipinski definition) is 1. The van der Waals surface area contributed by atoms with E-state index in [1.165, 1.54) is 23.1 Å². The molecule has 2 rings (SSSR count). The molecule has 1 aromatic heterocycles. The molecular weight excluding hydrogens is 240 g/mol. The Morgan fingerprint density at radius 3 is 2.62 bits per heavy atom. The van der Waals surface area contributed by atoms with Gasteiger partial charge in [0.2, 0.25) is 4.74 Å². The highest BCUT2D eigenvalue weighted by molar-refractivity contribution is 7.98. The van der Waals surface area contributed by atoms with Crippen LogP contribution in [-0.2, 0) is 5.75 Å². The summed E-state index contributed by atoms with van der Waals surface area (Å²) in [5.74, 6) is 1.01. The average Bonchev–Trinajstić information content (AvgIpc) is 2.30. The normalized spacial score (nSPS) is 10.2. The topological polar surface area (TPSA) is 37.3 Å². The summed E-state index contributed by atoms with van der Waals surface area (Å²) in [5.41, 5.74) is 1.09. The first-order valence-electron chi connectivity index (χ1n) is 4.74. The quantitative estimate of drug-likeness (QED) is 0.850. The second kappa shape index (κ2) is 5.18. The van der Waals surface area contributed by atoms with Gasteiger partial charge in [0.25, 0.3) is 0 Å². The Bertz CT molecular complexity index is 517. The molecular formula is C12H10O2S2. The fourth-order valence-electron chi connectivity index (χ4n) is 1.21. The van der Waals surface area contributed by atoms with Crippen LogP contribution in [0.5, 0.6) is 5.75 Å². The molecule has 16 heavy (non-hydrogen) atoms. The summed E-state index contributed by atoms with van der Waals surface area (Å²) in [6.07, 6.45) is 0. The van der Waals surface area contributed by atoms with Gasteiger partial charge in [0.15, 0.2) is 0 Å². The van der Waals surface area contributed by atoms with Crippen LogP contribution in [0.3, 0.4) is 0 Å². The number of phenolic OH excluding ortho intramolecular Hbond substituents is 1. The van der Waals surface area contributed by atoms with Crippen molar-refractivity contribution < 1.29 is 5.11 Å². The largest absolute Gasteiger partial charge is 0.508 e. The second-order valence-corrected chi connectivity index (χ2v) is 5.12. The summed E-state index contributed by atoms with van der Waals surface area (Å²) >= 11 is 2.74. The van der Waals surface area contributed by atoms with Crippen LogP contribution in [0.2, 0.25) is 0 Å². The van der Waals surface area contributed by atoms with Crippen LogP contribution in [0, 0.1) is 0 Å². The highest BCUT2D eigenvalue weighted by atomic mass is 32.2. The molecule has 0 unspecified atom stereocenters. The Morgan fingerprint density at radius 1 is 1.19 bits per heavy atom. The minimum absolute atomic E-state index is 0.103. The van der Waals surface area contributed by atoms with E-state index in [0.29, 0.717) is 0 Å². The summed E-state index contributed by atoms with van der Waals surface area (Å²) in [6.45, 7) is 0. The molecule has 0 fully saturated rings. The highest BCUT2D eigenvalue weighted by Gasteiger charge is 2.00. The lowest BCUT2D eigenvalue weighted by molar-refractivity contribution is 0.475. The van der Waals surface area contributed by atoms with Crippen LogP contribution in [0.4, 0.5) is 0 Å². The Morgan fingerprint density at radius 2 is 1.94 bits per heavy atom. The number of hydrogen-bond acceptors (Lipinski definition) is 4. The Labute approximate surface area is 102 Å². The third kappa shape index (κ3) is 2.87. The maximum atomic E-state index is 11.5. The molecule has 2 aromatic rings. The van der Waals surface area contributed by atoms with Crippen LogP contribution in [0.15, 0.2) is 51.5 Å². The van der Waals surface area contributed by atoms with Crippen molar-refractivity contribution in [2.45, 2.75) is 10.6 Å². The lowest BCUT2D eigenvalue weighted by Crippen LogP contribution is -1.96. The maximum absolute atomic E-state index is 11.5. The van der Waals surface area contributed by atoms with Crippen molar-refractivity contribution in [3.63, 3.8) is 0 Å². The molecule has 82 valence electrons. The van der Waals surface area contributed by atoms with E-state index in [1.807, 2.05) is 24.3 Å². The molecule has 1 N–H and O–H groups in total. The molecule has 0 atom stereocenters. The van der Waals surface area contributed by atoms with E-state index >= 15 is 0 Å². The molecule has 1 aromatic carbocycles. The summed E-state index contributed by atoms with van der Waals surface area (Å²) in [4.78, 5) is 12.2. The molecule has 2 nitrogen and oxygen atoms in total. The minimum atomic E-state index is 0.103. The van der Waals surface area contributed by atoms with Gasteiger partial charge in [0, 0.05) is 5.75 Å². The summed E-state index contributed by atoms with van der Waals surface area (Å²) in [7, 11) is 0.